The second-order valence-electron chi connectivity index (χ2n) is 7.05. The maximum Gasteiger partial charge on any atom is 0.308 e. The average Bonchev–Trinajstić information content (AvgIpc) is 2.73. The van der Waals surface area contributed by atoms with E-state index in [-0.39, 0.29) is 23.3 Å². The molecule has 1 N–H and O–H groups in total. The van der Waals surface area contributed by atoms with Gasteiger partial charge in [-0.1, -0.05) is 12.5 Å². The molecule has 6 nitrogen and oxygen atoms in total. The predicted octanol–water partition coefficient (Wildman–Crippen LogP) is 3.87. The molecule has 1 aromatic carbocycles. The van der Waals surface area contributed by atoms with Crippen molar-refractivity contribution in [2.45, 2.75) is 50.3 Å². The Morgan fingerprint density at radius 2 is 1.87 bits per heavy atom. The number of hydrogen-bond acceptors (Lipinski definition) is 5. The Hall–Kier alpha value is -2.32. The van der Waals surface area contributed by atoms with Crippen LogP contribution < -0.4 is 4.72 Å². The van der Waals surface area contributed by atoms with Gasteiger partial charge in [-0.05, 0) is 74.9 Å². The fourth-order valence-electron chi connectivity index (χ4n) is 3.16. The molecule has 1 heterocycles. The van der Waals surface area contributed by atoms with Crippen LogP contribution in [0.1, 0.15) is 44.6 Å². The van der Waals surface area contributed by atoms with Gasteiger partial charge in [0.2, 0.25) is 10.0 Å². The lowest BCUT2D eigenvalue weighted by Gasteiger charge is -2.15. The summed E-state index contributed by atoms with van der Waals surface area (Å²) in [5.74, 6) is -0.881. The smallest absolute Gasteiger partial charge is 0.308 e. The summed E-state index contributed by atoms with van der Waals surface area (Å²) >= 11 is 0. The average molecular weight is 437 g/mol. The number of benzene rings is 1. The molecule has 30 heavy (non-hydrogen) atoms. The van der Waals surface area contributed by atoms with Gasteiger partial charge >= 0.3 is 5.97 Å². The van der Waals surface area contributed by atoms with Gasteiger partial charge in [0.15, 0.2) is 0 Å². The van der Waals surface area contributed by atoms with E-state index in [0.29, 0.717) is 25.9 Å². The summed E-state index contributed by atoms with van der Waals surface area (Å²) < 4.78 is 45.1. The number of nitrogens with zero attached hydrogens (tertiary/aromatic N) is 1. The van der Waals surface area contributed by atoms with E-state index in [9.17, 15) is 17.6 Å². The third-order valence-corrected chi connectivity index (χ3v) is 6.23. The van der Waals surface area contributed by atoms with Gasteiger partial charge in [0, 0.05) is 18.9 Å². The van der Waals surface area contributed by atoms with Gasteiger partial charge in [-0.2, -0.15) is 0 Å². The maximum atomic E-state index is 13.0. The summed E-state index contributed by atoms with van der Waals surface area (Å²) in [7, 11) is -3.66. The monoisotopic (exact) mass is 436 g/mol. The molecule has 0 spiro atoms. The van der Waals surface area contributed by atoms with Crippen LogP contribution in [-0.2, 0) is 26.0 Å². The minimum atomic E-state index is -3.66. The molecule has 0 aliphatic heterocycles. The van der Waals surface area contributed by atoms with Gasteiger partial charge in [-0.15, -0.1) is 0 Å². The van der Waals surface area contributed by atoms with E-state index in [4.69, 9.17) is 4.74 Å². The normalized spacial score (nSPS) is 12.5. The van der Waals surface area contributed by atoms with Crippen LogP contribution in [0, 0.1) is 11.7 Å². The third-order valence-electron chi connectivity index (χ3n) is 4.76. The number of sulfonamides is 1. The Balaban J connectivity index is 1.76. The van der Waals surface area contributed by atoms with Crippen LogP contribution in [0.25, 0.3) is 0 Å². The fourth-order valence-corrected chi connectivity index (χ4v) is 4.23. The van der Waals surface area contributed by atoms with Crippen LogP contribution in [0.2, 0.25) is 0 Å². The zero-order valence-corrected chi connectivity index (χ0v) is 18.0. The number of ether oxygens (including phenoxy) is 1. The lowest BCUT2D eigenvalue weighted by molar-refractivity contribution is -0.148. The SMILES string of the molecule is CCOC(=O)C(CCCCNS(=O)(=O)c1ccc(F)cc1)CCCc1cccnc1. The number of halogens is 1. The number of aromatic nitrogens is 1. The zero-order valence-electron chi connectivity index (χ0n) is 17.2. The molecule has 0 aliphatic rings. The second kappa shape index (κ2) is 12.4. The van der Waals surface area contributed by atoms with Crippen molar-refractivity contribution < 1.29 is 22.3 Å². The molecule has 164 valence electrons. The number of carbonyl (C=O) groups is 1. The topological polar surface area (TPSA) is 85.4 Å². The minimum Gasteiger partial charge on any atom is -0.466 e. The van der Waals surface area contributed by atoms with Gasteiger partial charge in [0.25, 0.3) is 0 Å². The Kier molecular flexibility index (Phi) is 9.89. The standard InChI is InChI=1S/C22H29FN2O4S/c1-2-29-22(26)19(10-5-7-18-8-6-15-24-17-18)9-3-4-16-25-30(27,28)21-13-11-20(23)12-14-21/h6,8,11-15,17,19,25H,2-5,7,9-10,16H2,1H3. The summed E-state index contributed by atoms with van der Waals surface area (Å²) in [6.07, 6.45) is 7.91. The second-order valence-corrected chi connectivity index (χ2v) is 8.82. The molecule has 1 unspecified atom stereocenters. The molecule has 0 radical (unpaired) electrons. The third kappa shape index (κ3) is 8.20. The van der Waals surface area contributed by atoms with Crippen molar-refractivity contribution in [2.75, 3.05) is 13.2 Å². The highest BCUT2D eigenvalue weighted by atomic mass is 32.2. The number of pyridine rings is 1. The largest absolute Gasteiger partial charge is 0.466 e. The van der Waals surface area contributed by atoms with Crippen molar-refractivity contribution in [3.8, 4) is 0 Å². The summed E-state index contributed by atoms with van der Waals surface area (Å²) in [4.78, 5) is 16.4. The first kappa shape index (κ1) is 24.0. The Labute approximate surface area is 177 Å². The van der Waals surface area contributed by atoms with Crippen molar-refractivity contribution in [2.24, 2.45) is 5.92 Å². The number of aryl methyl sites for hydroxylation is 1. The lowest BCUT2D eigenvalue weighted by atomic mass is 9.95. The molecular formula is C22H29FN2O4S. The van der Waals surface area contributed by atoms with Crippen LogP contribution in [0.15, 0.2) is 53.7 Å². The van der Waals surface area contributed by atoms with E-state index in [1.165, 1.54) is 12.1 Å². The Bertz CT molecular complexity index is 874. The van der Waals surface area contributed by atoms with E-state index in [1.54, 1.807) is 13.1 Å². The van der Waals surface area contributed by atoms with Crippen molar-refractivity contribution >= 4 is 16.0 Å². The van der Waals surface area contributed by atoms with Gasteiger partial charge in [0.1, 0.15) is 5.82 Å². The van der Waals surface area contributed by atoms with Crippen molar-refractivity contribution in [3.05, 3.63) is 60.2 Å². The summed E-state index contributed by atoms with van der Waals surface area (Å²) in [5, 5.41) is 0. The highest BCUT2D eigenvalue weighted by Gasteiger charge is 2.19. The molecule has 8 heteroatoms. The molecule has 0 bridgehead atoms. The molecule has 1 aromatic heterocycles. The van der Waals surface area contributed by atoms with Crippen LogP contribution in [0.4, 0.5) is 4.39 Å². The first-order chi connectivity index (χ1) is 14.4. The quantitative estimate of drug-likeness (QED) is 0.381. The van der Waals surface area contributed by atoms with Gasteiger partial charge < -0.3 is 4.74 Å². The van der Waals surface area contributed by atoms with E-state index < -0.39 is 15.8 Å². The maximum absolute atomic E-state index is 13.0. The van der Waals surface area contributed by atoms with E-state index in [2.05, 4.69) is 9.71 Å². The van der Waals surface area contributed by atoms with Crippen LogP contribution >= 0.6 is 0 Å². The molecule has 2 rings (SSSR count). The molecule has 0 saturated carbocycles. The minimum absolute atomic E-state index is 0.0312. The summed E-state index contributed by atoms with van der Waals surface area (Å²) in [5.41, 5.74) is 1.13. The van der Waals surface area contributed by atoms with Crippen LogP contribution in [-0.4, -0.2) is 32.5 Å². The van der Waals surface area contributed by atoms with E-state index >= 15 is 0 Å². The van der Waals surface area contributed by atoms with Crippen molar-refractivity contribution in [3.63, 3.8) is 0 Å². The summed E-state index contributed by atoms with van der Waals surface area (Å²) in [6, 6.07) is 8.60. The van der Waals surface area contributed by atoms with E-state index in [1.807, 2.05) is 18.3 Å². The Morgan fingerprint density at radius 3 is 2.53 bits per heavy atom. The molecule has 0 fully saturated rings. The van der Waals surface area contributed by atoms with Crippen molar-refractivity contribution in [1.29, 1.82) is 0 Å². The fraction of sp³-hybridized carbons (Fsp3) is 0.455. The molecule has 2 aromatic rings. The number of esters is 1. The number of carbonyl (C=O) groups excluding carboxylic acids is 1. The predicted molar refractivity (Wildman–Crippen MR) is 113 cm³/mol. The molecule has 1 atom stereocenters. The number of nitrogens with one attached hydrogen (secondary N) is 1. The van der Waals surface area contributed by atoms with E-state index in [0.717, 1.165) is 37.0 Å². The highest BCUT2D eigenvalue weighted by Crippen LogP contribution is 2.19. The first-order valence-corrected chi connectivity index (χ1v) is 11.7. The molecule has 0 amide bonds. The highest BCUT2D eigenvalue weighted by molar-refractivity contribution is 7.89. The molecule has 0 saturated heterocycles. The van der Waals surface area contributed by atoms with Gasteiger partial charge in [-0.25, -0.2) is 17.5 Å². The van der Waals surface area contributed by atoms with Crippen molar-refractivity contribution in [1.82, 2.24) is 9.71 Å². The van der Waals surface area contributed by atoms with Gasteiger partial charge in [0.05, 0.1) is 17.4 Å². The van der Waals surface area contributed by atoms with Crippen LogP contribution in [0.5, 0.6) is 0 Å². The molecule has 0 aliphatic carbocycles. The molecular weight excluding hydrogens is 407 g/mol. The Morgan fingerprint density at radius 1 is 1.13 bits per heavy atom. The lowest BCUT2D eigenvalue weighted by Crippen LogP contribution is -2.25. The number of hydrogen-bond donors (Lipinski definition) is 1. The van der Waals surface area contributed by atoms with Crippen LogP contribution in [0.3, 0.4) is 0 Å². The first-order valence-electron chi connectivity index (χ1n) is 10.2. The zero-order chi connectivity index (χ0) is 21.8. The van der Waals surface area contributed by atoms with Gasteiger partial charge in [-0.3, -0.25) is 9.78 Å². The number of unbranched alkanes of at least 4 members (excludes halogenated alkanes) is 1. The summed E-state index contributed by atoms with van der Waals surface area (Å²) in [6.45, 7) is 2.38. The number of rotatable bonds is 13.